The van der Waals surface area contributed by atoms with Gasteiger partial charge in [0.25, 0.3) is 0 Å². The van der Waals surface area contributed by atoms with Gasteiger partial charge >= 0.3 is 18.2 Å². The Morgan fingerprint density at radius 3 is 2.30 bits per heavy atom. The Kier molecular flexibility index (Phi) is 8.93. The number of pyridine rings is 1. The predicted molar refractivity (Wildman–Crippen MR) is 142 cm³/mol. The smallest absolute Gasteiger partial charge is 0.402 e. The van der Waals surface area contributed by atoms with E-state index in [1.807, 2.05) is 0 Å². The lowest BCUT2D eigenvalue weighted by atomic mass is 9.90. The Hall–Kier alpha value is -4.25. The highest BCUT2D eigenvalue weighted by Crippen LogP contribution is 2.29. The summed E-state index contributed by atoms with van der Waals surface area (Å²) in [5.41, 5.74) is -1.50. The summed E-state index contributed by atoms with van der Waals surface area (Å²) in [5, 5.41) is 18.2. The average molecular weight is 648 g/mol. The number of aliphatic hydroxyl groups excluding tert-OH is 1. The number of ketones is 1. The van der Waals surface area contributed by atoms with Gasteiger partial charge in [0.15, 0.2) is 29.3 Å². The second kappa shape index (κ2) is 12.0. The number of rotatable bonds is 9. The summed E-state index contributed by atoms with van der Waals surface area (Å²) in [6, 6.07) is 7.73. The molecule has 0 amide bonds. The van der Waals surface area contributed by atoms with E-state index in [9.17, 15) is 41.0 Å². The molecular formula is C26H24ClF6N7O4. The number of ether oxygens (including phenoxy) is 1. The number of halogens is 7. The van der Waals surface area contributed by atoms with Crippen molar-refractivity contribution in [2.45, 2.75) is 58.9 Å². The number of aromatic nitrogens is 7. The number of aliphatic hydroxyl groups is 1. The van der Waals surface area contributed by atoms with Crippen LogP contribution in [0.1, 0.15) is 43.6 Å². The van der Waals surface area contributed by atoms with Gasteiger partial charge in [0.1, 0.15) is 6.54 Å². The lowest BCUT2D eigenvalue weighted by Crippen LogP contribution is -2.37. The van der Waals surface area contributed by atoms with Crippen LogP contribution in [0.2, 0.25) is 5.02 Å². The summed E-state index contributed by atoms with van der Waals surface area (Å²) in [5.74, 6) is -2.96. The molecule has 0 fully saturated rings. The molecule has 0 aliphatic carbocycles. The Balaban J connectivity index is 1.83. The van der Waals surface area contributed by atoms with Crippen LogP contribution in [0.3, 0.4) is 0 Å². The maximum absolute atomic E-state index is 13.3. The topological polar surface area (TPSA) is 130 Å². The van der Waals surface area contributed by atoms with Crippen molar-refractivity contribution in [3.05, 3.63) is 69.8 Å². The van der Waals surface area contributed by atoms with Gasteiger partial charge in [0.2, 0.25) is 11.6 Å². The van der Waals surface area contributed by atoms with Crippen LogP contribution >= 0.6 is 11.6 Å². The number of carbonyl (C=O) groups excluding carboxylic acids is 1. The molecule has 11 nitrogen and oxygen atoms in total. The molecule has 0 spiro atoms. The molecule has 0 saturated heterocycles. The van der Waals surface area contributed by atoms with E-state index in [0.29, 0.717) is 14.3 Å². The fourth-order valence-corrected chi connectivity index (χ4v) is 4.11. The number of benzene rings is 1. The first kappa shape index (κ1) is 32.7. The number of hydrogen-bond acceptors (Lipinski definition) is 8. The Morgan fingerprint density at radius 2 is 1.70 bits per heavy atom. The van der Waals surface area contributed by atoms with Gasteiger partial charge in [-0.1, -0.05) is 32.4 Å². The molecule has 1 N–H and O–H groups in total. The maximum atomic E-state index is 13.3. The third-order valence-electron chi connectivity index (χ3n) is 5.82. The van der Waals surface area contributed by atoms with Crippen LogP contribution in [0.25, 0.3) is 17.2 Å². The quantitative estimate of drug-likeness (QED) is 0.202. The van der Waals surface area contributed by atoms with Crippen LogP contribution in [0, 0.1) is 5.41 Å². The van der Waals surface area contributed by atoms with E-state index in [0.717, 1.165) is 16.9 Å². The Morgan fingerprint density at radius 1 is 1.05 bits per heavy atom. The predicted octanol–water partition coefficient (Wildman–Crippen LogP) is 4.83. The minimum atomic E-state index is -5.12. The van der Waals surface area contributed by atoms with Crippen molar-refractivity contribution in [3.63, 3.8) is 0 Å². The molecule has 3 heterocycles. The first-order valence-corrected chi connectivity index (χ1v) is 13.1. The van der Waals surface area contributed by atoms with E-state index < -0.39 is 66.0 Å². The molecule has 0 radical (unpaired) electrons. The first-order chi connectivity index (χ1) is 20.3. The lowest BCUT2D eigenvalue weighted by Gasteiger charge is -2.17. The van der Waals surface area contributed by atoms with Crippen molar-refractivity contribution in [3.8, 4) is 23.0 Å². The van der Waals surface area contributed by atoms with Crippen molar-refractivity contribution >= 4 is 17.4 Å². The highest BCUT2D eigenvalue weighted by Gasteiger charge is 2.39. The molecule has 44 heavy (non-hydrogen) atoms. The van der Waals surface area contributed by atoms with Crippen molar-refractivity contribution in [2.24, 2.45) is 5.41 Å². The molecule has 1 atom stereocenters. The molecule has 0 bridgehead atoms. The molecule has 0 aliphatic rings. The summed E-state index contributed by atoms with van der Waals surface area (Å²) in [6.07, 6.45) is -12.1. The van der Waals surface area contributed by atoms with Crippen molar-refractivity contribution in [1.29, 1.82) is 0 Å². The number of nitrogens with zero attached hydrogens (tertiary/aromatic N) is 7. The van der Waals surface area contributed by atoms with Gasteiger partial charge in [-0.2, -0.15) is 17.9 Å². The van der Waals surface area contributed by atoms with Crippen LogP contribution in [0.4, 0.5) is 26.3 Å². The summed E-state index contributed by atoms with van der Waals surface area (Å²) in [6.45, 7) is 3.39. The first-order valence-electron chi connectivity index (χ1n) is 12.7. The highest BCUT2D eigenvalue weighted by atomic mass is 35.5. The minimum Gasteiger partial charge on any atom is -0.402 e. The van der Waals surface area contributed by atoms with Gasteiger partial charge in [-0.05, 0) is 41.8 Å². The van der Waals surface area contributed by atoms with E-state index in [2.05, 4.69) is 24.9 Å². The standard InChI is InChI=1S/C26H24ClF6N7O4/c1-24(2,3)11-16(41)21-35-19(36-40(21)22-17(5-4-10-34-22)44-26(31,32)33)13-39-23(43)38(12-18(42)25(28,29)30)20(37-39)14-6-8-15(27)9-7-14/h4-10,18,42H,11-13H2,1-3H3/t18-/m0/s1. The zero-order valence-corrected chi connectivity index (χ0v) is 23.9. The fraction of sp³-hybridized carbons (Fsp3) is 0.385. The zero-order valence-electron chi connectivity index (χ0n) is 23.2. The summed E-state index contributed by atoms with van der Waals surface area (Å²) in [4.78, 5) is 34.5. The molecule has 0 saturated carbocycles. The maximum Gasteiger partial charge on any atom is 0.573 e. The van der Waals surface area contributed by atoms with Crippen LogP contribution < -0.4 is 10.4 Å². The van der Waals surface area contributed by atoms with Gasteiger partial charge in [-0.3, -0.25) is 9.36 Å². The molecule has 0 aliphatic heterocycles. The zero-order chi connectivity index (χ0) is 32.6. The van der Waals surface area contributed by atoms with Crippen molar-refractivity contribution in [2.75, 3.05) is 0 Å². The molecular weight excluding hydrogens is 624 g/mol. The fourth-order valence-electron chi connectivity index (χ4n) is 3.99. The van der Waals surface area contributed by atoms with E-state index in [1.54, 1.807) is 20.8 Å². The van der Waals surface area contributed by atoms with Crippen molar-refractivity contribution < 1.29 is 41.0 Å². The molecule has 4 rings (SSSR count). The van der Waals surface area contributed by atoms with Gasteiger partial charge in [0, 0.05) is 23.2 Å². The van der Waals surface area contributed by atoms with E-state index >= 15 is 0 Å². The Bertz CT molecular complexity index is 1710. The molecule has 4 aromatic rings. The second-order valence-corrected chi connectivity index (χ2v) is 11.2. The lowest BCUT2D eigenvalue weighted by molar-refractivity contribution is -0.274. The number of alkyl halides is 6. The molecule has 0 unspecified atom stereocenters. The minimum absolute atomic E-state index is 0.113. The van der Waals surface area contributed by atoms with E-state index in [4.69, 9.17) is 11.6 Å². The average Bonchev–Trinajstić information content (AvgIpc) is 3.44. The van der Waals surface area contributed by atoms with Crippen LogP contribution in [-0.2, 0) is 13.1 Å². The van der Waals surface area contributed by atoms with E-state index in [-0.39, 0.29) is 23.6 Å². The summed E-state index contributed by atoms with van der Waals surface area (Å²) < 4.78 is 85.0. The Labute approximate surface area is 249 Å². The van der Waals surface area contributed by atoms with Gasteiger partial charge in [-0.25, -0.2) is 19.4 Å². The van der Waals surface area contributed by atoms with Crippen molar-refractivity contribution in [1.82, 2.24) is 34.1 Å². The van der Waals surface area contributed by atoms with Gasteiger partial charge in [0.05, 0.1) is 6.54 Å². The second-order valence-electron chi connectivity index (χ2n) is 10.7. The number of hydrogen-bond donors (Lipinski definition) is 1. The van der Waals surface area contributed by atoms with Crippen LogP contribution in [0.5, 0.6) is 5.75 Å². The third-order valence-corrected chi connectivity index (χ3v) is 6.07. The van der Waals surface area contributed by atoms with Gasteiger partial charge < -0.3 is 9.84 Å². The third kappa shape index (κ3) is 7.82. The summed E-state index contributed by atoms with van der Waals surface area (Å²) >= 11 is 5.90. The highest BCUT2D eigenvalue weighted by molar-refractivity contribution is 6.30. The normalized spacial score (nSPS) is 13.2. The van der Waals surface area contributed by atoms with E-state index in [1.165, 1.54) is 30.3 Å². The summed E-state index contributed by atoms with van der Waals surface area (Å²) in [7, 11) is 0. The monoisotopic (exact) mass is 647 g/mol. The van der Waals surface area contributed by atoms with Gasteiger partial charge in [-0.15, -0.1) is 23.4 Å². The molecule has 3 aromatic heterocycles. The molecule has 1 aromatic carbocycles. The van der Waals surface area contributed by atoms with Crippen LogP contribution in [-0.4, -0.2) is 63.6 Å². The largest absolute Gasteiger partial charge is 0.573 e. The SMILES string of the molecule is CC(C)(C)CC(=O)c1nc(Cn2nc(-c3ccc(Cl)cc3)n(C[C@H](O)C(F)(F)F)c2=O)nn1-c1ncccc1OC(F)(F)F. The molecule has 18 heteroatoms. The number of Topliss-reactive ketones (excluding diaryl/α,β-unsaturated/α-hetero) is 1. The van der Waals surface area contributed by atoms with Crippen LogP contribution in [0.15, 0.2) is 47.4 Å². The number of carbonyl (C=O) groups is 1. The molecule has 236 valence electrons.